The molecule has 2 N–H and O–H groups in total. The van der Waals surface area contributed by atoms with Gasteiger partial charge in [0.15, 0.2) is 0 Å². The molecule has 0 amide bonds. The quantitative estimate of drug-likeness (QED) is 0.514. The maximum Gasteiger partial charge on any atom is 0.304 e. The van der Waals surface area contributed by atoms with Gasteiger partial charge in [-0.3, -0.25) is 4.79 Å². The lowest BCUT2D eigenvalue weighted by molar-refractivity contribution is -0.136. The Labute approximate surface area is 42.3 Å². The molecule has 0 aliphatic heterocycles. The van der Waals surface area contributed by atoms with Crippen LogP contribution in [0.15, 0.2) is 0 Å². The highest BCUT2D eigenvalue weighted by Crippen LogP contribution is 1.70. The summed E-state index contributed by atoms with van der Waals surface area (Å²) in [5.74, 6) is -0.755. The Morgan fingerprint density at radius 2 is 2.43 bits per heavy atom. The van der Waals surface area contributed by atoms with Crippen LogP contribution in [-0.4, -0.2) is 24.7 Å². The van der Waals surface area contributed by atoms with Crippen molar-refractivity contribution in [2.75, 3.05) is 13.6 Å². The van der Waals surface area contributed by atoms with Crippen LogP contribution in [0.2, 0.25) is 0 Å². The highest BCUT2D eigenvalue weighted by atomic mass is 16.4. The SMILES string of the molecule is CNCCC(=O)O. The maximum absolute atomic E-state index is 9.72. The molecule has 7 heavy (non-hydrogen) atoms. The Kier molecular flexibility index (Phi) is 3.32. The largest absolute Gasteiger partial charge is 0.481 e. The molecule has 0 aromatic carbocycles. The average Bonchev–Trinajstić information content (AvgIpc) is 1.61. The van der Waals surface area contributed by atoms with Crippen LogP contribution in [0.1, 0.15) is 6.42 Å². The van der Waals surface area contributed by atoms with Crippen molar-refractivity contribution < 1.29 is 9.90 Å². The molecule has 0 saturated heterocycles. The number of carboxylic acid groups (broad SMARTS) is 1. The fraction of sp³-hybridized carbons (Fsp3) is 0.750. The molecular formula is C4H9NO2. The summed E-state index contributed by atoms with van der Waals surface area (Å²) >= 11 is 0. The molecule has 0 atom stereocenters. The molecule has 0 saturated carbocycles. The minimum absolute atomic E-state index is 0.205. The highest BCUT2D eigenvalue weighted by Gasteiger charge is 1.90. The second-order valence-corrected chi connectivity index (χ2v) is 1.25. The minimum Gasteiger partial charge on any atom is -0.481 e. The average molecular weight is 103 g/mol. The summed E-state index contributed by atoms with van der Waals surface area (Å²) in [7, 11) is 1.73. The first-order chi connectivity index (χ1) is 3.27. The molecule has 3 heteroatoms. The fourth-order valence-corrected chi connectivity index (χ4v) is 0.232. The Bertz CT molecular complexity index is 62.7. The van der Waals surface area contributed by atoms with Crippen molar-refractivity contribution in [1.29, 1.82) is 0 Å². The van der Waals surface area contributed by atoms with E-state index < -0.39 is 5.97 Å². The van der Waals surface area contributed by atoms with E-state index in [-0.39, 0.29) is 6.42 Å². The van der Waals surface area contributed by atoms with E-state index in [0.29, 0.717) is 6.54 Å². The number of nitrogens with one attached hydrogen (secondary N) is 1. The normalized spacial score (nSPS) is 8.71. The molecule has 0 rings (SSSR count). The first-order valence-electron chi connectivity index (χ1n) is 2.13. The molecule has 3 nitrogen and oxygen atoms in total. The van der Waals surface area contributed by atoms with Crippen molar-refractivity contribution in [1.82, 2.24) is 5.32 Å². The van der Waals surface area contributed by atoms with E-state index in [4.69, 9.17) is 5.11 Å². The highest BCUT2D eigenvalue weighted by molar-refractivity contribution is 5.66. The van der Waals surface area contributed by atoms with Gasteiger partial charge >= 0.3 is 5.97 Å². The first-order valence-corrected chi connectivity index (χ1v) is 2.13. The van der Waals surface area contributed by atoms with E-state index in [1.54, 1.807) is 7.05 Å². The molecule has 0 aliphatic carbocycles. The summed E-state index contributed by atoms with van der Waals surface area (Å²) in [5, 5.41) is 10.7. The van der Waals surface area contributed by atoms with Gasteiger partial charge in [-0.2, -0.15) is 0 Å². The van der Waals surface area contributed by atoms with Crippen LogP contribution >= 0.6 is 0 Å². The van der Waals surface area contributed by atoms with Gasteiger partial charge in [-0.05, 0) is 7.05 Å². The lowest BCUT2D eigenvalue weighted by Crippen LogP contribution is -2.11. The molecule has 0 bridgehead atoms. The zero-order valence-corrected chi connectivity index (χ0v) is 4.27. The predicted molar refractivity (Wildman–Crippen MR) is 26.2 cm³/mol. The third-order valence-electron chi connectivity index (χ3n) is 0.589. The molecule has 0 unspecified atom stereocenters. The van der Waals surface area contributed by atoms with Crippen LogP contribution in [0.3, 0.4) is 0 Å². The summed E-state index contributed by atoms with van der Waals surface area (Å²) in [6.45, 7) is 0.551. The van der Waals surface area contributed by atoms with Gasteiger partial charge in [-0.15, -0.1) is 0 Å². The Hall–Kier alpha value is -0.570. The van der Waals surface area contributed by atoms with Gasteiger partial charge in [-0.25, -0.2) is 0 Å². The van der Waals surface area contributed by atoms with E-state index in [9.17, 15) is 4.79 Å². The van der Waals surface area contributed by atoms with Crippen LogP contribution in [0.4, 0.5) is 0 Å². The third-order valence-corrected chi connectivity index (χ3v) is 0.589. The van der Waals surface area contributed by atoms with Crippen LogP contribution < -0.4 is 5.32 Å². The minimum atomic E-state index is -0.755. The van der Waals surface area contributed by atoms with Gasteiger partial charge in [0, 0.05) is 6.54 Å². The zero-order valence-electron chi connectivity index (χ0n) is 4.27. The lowest BCUT2D eigenvalue weighted by Gasteiger charge is -1.88. The van der Waals surface area contributed by atoms with E-state index >= 15 is 0 Å². The van der Waals surface area contributed by atoms with Gasteiger partial charge in [0.05, 0.1) is 6.42 Å². The van der Waals surface area contributed by atoms with Gasteiger partial charge in [0.2, 0.25) is 0 Å². The predicted octanol–water partition coefficient (Wildman–Crippen LogP) is -0.319. The molecule has 42 valence electrons. The van der Waals surface area contributed by atoms with Crippen LogP contribution in [0.25, 0.3) is 0 Å². The van der Waals surface area contributed by atoms with Gasteiger partial charge in [0.25, 0.3) is 0 Å². The van der Waals surface area contributed by atoms with E-state index in [1.165, 1.54) is 0 Å². The standard InChI is InChI=1S/C4H9NO2/c1-5-3-2-4(6)7/h5H,2-3H2,1H3,(H,6,7). The molecule has 0 radical (unpaired) electrons. The van der Waals surface area contributed by atoms with Crippen molar-refractivity contribution in [3.63, 3.8) is 0 Å². The van der Waals surface area contributed by atoms with Crippen molar-refractivity contribution in [2.45, 2.75) is 6.42 Å². The van der Waals surface area contributed by atoms with Crippen LogP contribution in [0.5, 0.6) is 0 Å². The smallest absolute Gasteiger partial charge is 0.304 e. The summed E-state index contributed by atoms with van der Waals surface area (Å²) in [6.07, 6.45) is 0.205. The van der Waals surface area contributed by atoms with Gasteiger partial charge in [0.1, 0.15) is 0 Å². The summed E-state index contributed by atoms with van der Waals surface area (Å²) in [6, 6.07) is 0. The monoisotopic (exact) mass is 103 g/mol. The topological polar surface area (TPSA) is 49.3 Å². The Morgan fingerprint density at radius 1 is 1.86 bits per heavy atom. The Morgan fingerprint density at radius 3 is 2.57 bits per heavy atom. The molecule has 0 spiro atoms. The molecular weight excluding hydrogens is 94.0 g/mol. The van der Waals surface area contributed by atoms with Crippen LogP contribution in [0, 0.1) is 0 Å². The number of hydrogen-bond donors (Lipinski definition) is 2. The molecule has 0 aliphatic rings. The van der Waals surface area contributed by atoms with Crippen molar-refractivity contribution in [2.24, 2.45) is 0 Å². The second kappa shape index (κ2) is 3.61. The maximum atomic E-state index is 9.72. The third kappa shape index (κ3) is 5.43. The van der Waals surface area contributed by atoms with E-state index in [2.05, 4.69) is 5.32 Å². The van der Waals surface area contributed by atoms with Gasteiger partial charge in [-0.1, -0.05) is 0 Å². The fourth-order valence-electron chi connectivity index (χ4n) is 0.232. The summed E-state index contributed by atoms with van der Waals surface area (Å²) < 4.78 is 0. The number of aliphatic carboxylic acids is 1. The molecule has 0 aromatic rings. The molecule has 0 fully saturated rings. The molecule has 0 aromatic heterocycles. The van der Waals surface area contributed by atoms with Crippen molar-refractivity contribution in [3.8, 4) is 0 Å². The molecule has 0 heterocycles. The Balaban J connectivity index is 2.82. The number of carbonyl (C=O) groups is 1. The van der Waals surface area contributed by atoms with E-state index in [1.807, 2.05) is 0 Å². The lowest BCUT2D eigenvalue weighted by atomic mass is 10.4. The van der Waals surface area contributed by atoms with Gasteiger partial charge < -0.3 is 10.4 Å². The summed E-state index contributed by atoms with van der Waals surface area (Å²) in [4.78, 5) is 9.72. The summed E-state index contributed by atoms with van der Waals surface area (Å²) in [5.41, 5.74) is 0. The van der Waals surface area contributed by atoms with Crippen molar-refractivity contribution in [3.05, 3.63) is 0 Å². The second-order valence-electron chi connectivity index (χ2n) is 1.25. The van der Waals surface area contributed by atoms with Crippen LogP contribution in [-0.2, 0) is 4.79 Å². The first kappa shape index (κ1) is 6.43. The number of rotatable bonds is 3. The number of carboxylic acids is 1. The number of hydrogen-bond acceptors (Lipinski definition) is 2. The van der Waals surface area contributed by atoms with E-state index in [0.717, 1.165) is 0 Å². The van der Waals surface area contributed by atoms with Crippen molar-refractivity contribution >= 4 is 5.97 Å². The zero-order chi connectivity index (χ0) is 5.70.